The maximum atomic E-state index is 12.4. The van der Waals surface area contributed by atoms with Gasteiger partial charge in [-0.15, -0.1) is 11.3 Å². The van der Waals surface area contributed by atoms with Crippen LogP contribution in [0.25, 0.3) is 0 Å². The molecular formula is C18H22F3N5O5S. The first-order valence-electron chi connectivity index (χ1n) is 9.49. The van der Waals surface area contributed by atoms with Gasteiger partial charge in [0.25, 0.3) is 5.91 Å². The zero-order chi connectivity index (χ0) is 23.4. The van der Waals surface area contributed by atoms with Crippen LogP contribution in [0, 0.1) is 0 Å². The summed E-state index contributed by atoms with van der Waals surface area (Å²) in [6.45, 7) is 3.95. The lowest BCUT2D eigenvalue weighted by atomic mass is 10.0. The number of amides is 1. The van der Waals surface area contributed by atoms with Gasteiger partial charge < -0.3 is 19.5 Å². The number of carbonyl (C=O) groups excluding carboxylic acids is 1. The number of ether oxygens (including phenoxy) is 2. The molecule has 4 heterocycles. The summed E-state index contributed by atoms with van der Waals surface area (Å²) in [7, 11) is 1.84. The van der Waals surface area contributed by atoms with Crippen LogP contribution in [0.3, 0.4) is 0 Å². The summed E-state index contributed by atoms with van der Waals surface area (Å²) in [5.74, 6) is -2.80. The highest BCUT2D eigenvalue weighted by Crippen LogP contribution is 2.27. The van der Waals surface area contributed by atoms with Gasteiger partial charge in [-0.25, -0.2) is 9.78 Å². The quantitative estimate of drug-likeness (QED) is 0.701. The third-order valence-electron chi connectivity index (χ3n) is 4.77. The lowest BCUT2D eigenvalue weighted by Gasteiger charge is -2.42. The van der Waals surface area contributed by atoms with E-state index in [2.05, 4.69) is 15.0 Å². The topological polar surface area (TPSA) is 110 Å². The zero-order valence-electron chi connectivity index (χ0n) is 17.1. The van der Waals surface area contributed by atoms with E-state index in [-0.39, 0.29) is 12.5 Å². The molecule has 2 aliphatic rings. The third kappa shape index (κ3) is 6.25. The maximum absolute atomic E-state index is 12.4. The van der Waals surface area contributed by atoms with Crippen LogP contribution in [0.5, 0.6) is 0 Å². The van der Waals surface area contributed by atoms with Gasteiger partial charge in [0, 0.05) is 37.9 Å². The summed E-state index contributed by atoms with van der Waals surface area (Å²) in [6, 6.07) is 0. The number of halogens is 3. The Kier molecular flexibility index (Phi) is 7.48. The highest BCUT2D eigenvalue weighted by molar-refractivity contribution is 7.09. The van der Waals surface area contributed by atoms with E-state index < -0.39 is 17.7 Å². The van der Waals surface area contributed by atoms with Crippen LogP contribution in [0.1, 0.15) is 5.01 Å². The van der Waals surface area contributed by atoms with E-state index in [9.17, 15) is 18.0 Å². The minimum atomic E-state index is -5.08. The summed E-state index contributed by atoms with van der Waals surface area (Å²) in [6.07, 6.45) is 0.299. The molecule has 1 N–H and O–H groups in total. The number of morpholine rings is 1. The molecule has 2 aromatic heterocycles. The summed E-state index contributed by atoms with van der Waals surface area (Å²) >= 11 is 1.65. The molecule has 0 aliphatic carbocycles. The fraction of sp³-hybridized carbons (Fsp3) is 0.556. The molecule has 14 heteroatoms. The molecule has 0 bridgehead atoms. The number of anilines is 1. The molecule has 2 saturated heterocycles. The number of alkyl halides is 3. The van der Waals surface area contributed by atoms with E-state index in [1.54, 1.807) is 27.1 Å². The number of hydrogen-bond acceptors (Lipinski definition) is 8. The van der Waals surface area contributed by atoms with Crippen LogP contribution in [0.15, 0.2) is 24.0 Å². The summed E-state index contributed by atoms with van der Waals surface area (Å²) in [5.41, 5.74) is 0.267. The summed E-state index contributed by atoms with van der Waals surface area (Å²) in [5, 5.41) is 14.4. The molecular weight excluding hydrogens is 455 g/mol. The predicted octanol–water partition coefficient (Wildman–Crippen LogP) is 1.14. The SMILES string of the molecule is Cn1cc(N2CC3(COCCN(Cc4nccs4)C3)OCC2=O)cn1.O=C(O)C(F)(F)F. The van der Waals surface area contributed by atoms with Crippen molar-refractivity contribution >= 4 is 28.9 Å². The highest BCUT2D eigenvalue weighted by atomic mass is 32.1. The molecule has 4 rings (SSSR count). The normalized spacial score (nSPS) is 22.4. The van der Waals surface area contributed by atoms with Crippen molar-refractivity contribution in [3.8, 4) is 0 Å². The van der Waals surface area contributed by atoms with Crippen LogP contribution in [0.2, 0.25) is 0 Å². The minimum Gasteiger partial charge on any atom is -0.475 e. The van der Waals surface area contributed by atoms with Gasteiger partial charge in [-0.3, -0.25) is 14.4 Å². The van der Waals surface area contributed by atoms with Gasteiger partial charge in [0.05, 0.1) is 38.2 Å². The Bertz CT molecular complexity index is 923. The van der Waals surface area contributed by atoms with Crippen molar-refractivity contribution in [1.82, 2.24) is 19.7 Å². The van der Waals surface area contributed by atoms with Crippen molar-refractivity contribution in [1.29, 1.82) is 0 Å². The number of rotatable bonds is 3. The van der Waals surface area contributed by atoms with Crippen LogP contribution in [-0.2, 0) is 32.7 Å². The van der Waals surface area contributed by atoms with Crippen LogP contribution < -0.4 is 4.90 Å². The monoisotopic (exact) mass is 477 g/mol. The van der Waals surface area contributed by atoms with E-state index in [1.165, 1.54) is 0 Å². The molecule has 32 heavy (non-hydrogen) atoms. The van der Waals surface area contributed by atoms with E-state index in [0.29, 0.717) is 26.3 Å². The minimum absolute atomic E-state index is 0.0469. The van der Waals surface area contributed by atoms with E-state index >= 15 is 0 Å². The Morgan fingerprint density at radius 1 is 1.38 bits per heavy atom. The number of carbonyl (C=O) groups is 2. The Hall–Kier alpha value is -2.55. The lowest BCUT2D eigenvalue weighted by Crippen LogP contribution is -2.60. The molecule has 0 aromatic carbocycles. The van der Waals surface area contributed by atoms with Crippen molar-refractivity contribution in [2.75, 3.05) is 44.4 Å². The summed E-state index contributed by atoms with van der Waals surface area (Å²) in [4.78, 5) is 29.7. The van der Waals surface area contributed by atoms with Gasteiger partial charge in [0.1, 0.15) is 17.2 Å². The zero-order valence-corrected chi connectivity index (χ0v) is 17.9. The Morgan fingerprint density at radius 2 is 2.12 bits per heavy atom. The Labute approximate surface area is 185 Å². The number of carboxylic acids is 1. The molecule has 1 spiro atoms. The van der Waals surface area contributed by atoms with Crippen LogP contribution >= 0.6 is 11.3 Å². The molecule has 2 fully saturated rings. The van der Waals surface area contributed by atoms with Gasteiger partial charge in [-0.05, 0) is 0 Å². The molecule has 1 unspecified atom stereocenters. The van der Waals surface area contributed by atoms with Gasteiger partial charge in [0.2, 0.25) is 0 Å². The molecule has 10 nitrogen and oxygen atoms in total. The number of aromatic nitrogens is 3. The number of thiazole rings is 1. The maximum Gasteiger partial charge on any atom is 0.490 e. The molecule has 0 radical (unpaired) electrons. The highest BCUT2D eigenvalue weighted by Gasteiger charge is 2.43. The molecule has 2 aliphatic heterocycles. The number of aryl methyl sites for hydroxylation is 1. The largest absolute Gasteiger partial charge is 0.490 e. The van der Waals surface area contributed by atoms with Gasteiger partial charge in [0.15, 0.2) is 0 Å². The van der Waals surface area contributed by atoms with E-state index in [0.717, 1.165) is 23.8 Å². The molecule has 2 aromatic rings. The molecule has 176 valence electrons. The van der Waals surface area contributed by atoms with Gasteiger partial charge in [-0.1, -0.05) is 0 Å². The lowest BCUT2D eigenvalue weighted by molar-refractivity contribution is -0.192. The standard InChI is InChI=1S/C16H21N5O3S.C2HF3O2/c1-19-7-13(6-18-19)21-11-16(24-9-15(21)22)10-20(3-4-23-12-16)8-14-17-2-5-25-14;3-2(4,5)1(6)7/h2,5-7H,3-4,8-12H2,1H3;(H,6,7). The first-order valence-corrected chi connectivity index (χ1v) is 10.4. The number of hydrogen-bond donors (Lipinski definition) is 1. The second-order valence-electron chi connectivity index (χ2n) is 7.32. The smallest absolute Gasteiger partial charge is 0.475 e. The second kappa shape index (κ2) is 9.94. The molecule has 1 amide bonds. The van der Waals surface area contributed by atoms with Crippen LogP contribution in [-0.4, -0.2) is 87.9 Å². The average molecular weight is 477 g/mol. The Morgan fingerprint density at radius 3 is 2.72 bits per heavy atom. The fourth-order valence-corrected chi connectivity index (χ4v) is 3.98. The van der Waals surface area contributed by atoms with Gasteiger partial charge in [-0.2, -0.15) is 18.3 Å². The fourth-order valence-electron chi connectivity index (χ4n) is 3.32. The van der Waals surface area contributed by atoms with Crippen molar-refractivity contribution in [2.24, 2.45) is 7.05 Å². The predicted molar refractivity (Wildman–Crippen MR) is 106 cm³/mol. The van der Waals surface area contributed by atoms with Crippen molar-refractivity contribution in [3.63, 3.8) is 0 Å². The average Bonchev–Trinajstić information content (AvgIpc) is 3.34. The van der Waals surface area contributed by atoms with Gasteiger partial charge >= 0.3 is 12.1 Å². The first-order chi connectivity index (χ1) is 15.1. The van der Waals surface area contributed by atoms with Crippen molar-refractivity contribution in [2.45, 2.75) is 18.3 Å². The third-order valence-corrected chi connectivity index (χ3v) is 5.53. The number of aliphatic carboxylic acids is 1. The number of carboxylic acid groups (broad SMARTS) is 1. The molecule has 0 saturated carbocycles. The first kappa shape index (κ1) is 24.1. The van der Waals surface area contributed by atoms with E-state index in [1.807, 2.05) is 24.8 Å². The Balaban J connectivity index is 0.000000360. The van der Waals surface area contributed by atoms with E-state index in [4.69, 9.17) is 19.4 Å². The second-order valence-corrected chi connectivity index (χ2v) is 8.29. The molecule has 1 atom stereocenters. The van der Waals surface area contributed by atoms with Crippen molar-refractivity contribution < 1.29 is 37.3 Å². The summed E-state index contributed by atoms with van der Waals surface area (Å²) < 4.78 is 45.3. The number of nitrogens with zero attached hydrogens (tertiary/aromatic N) is 5. The van der Waals surface area contributed by atoms with Crippen molar-refractivity contribution in [3.05, 3.63) is 29.0 Å². The van der Waals surface area contributed by atoms with Crippen LogP contribution in [0.4, 0.5) is 18.9 Å².